The van der Waals surface area contributed by atoms with Crippen LogP contribution in [0.2, 0.25) is 0 Å². The highest BCUT2D eigenvalue weighted by Gasteiger charge is 2.35. The summed E-state index contributed by atoms with van der Waals surface area (Å²) in [5.41, 5.74) is 4.89. The molecule has 3 rings (SSSR count). The molecule has 0 saturated heterocycles. The quantitative estimate of drug-likeness (QED) is 0.817. The van der Waals surface area contributed by atoms with E-state index >= 15 is 0 Å². The second kappa shape index (κ2) is 4.27. The third kappa shape index (κ3) is 1.74. The number of nitrogens with zero attached hydrogens (tertiary/aromatic N) is 1. The van der Waals surface area contributed by atoms with E-state index in [-0.39, 0.29) is 0 Å². The van der Waals surface area contributed by atoms with E-state index in [1.807, 2.05) is 0 Å². The fraction of sp³-hybridized carbons (Fsp3) is 0.625. The van der Waals surface area contributed by atoms with Crippen LogP contribution < -0.4 is 10.2 Å². The summed E-state index contributed by atoms with van der Waals surface area (Å²) >= 11 is 0. The second-order valence-electron chi connectivity index (χ2n) is 6.33. The van der Waals surface area contributed by atoms with E-state index in [0.29, 0.717) is 11.5 Å². The van der Waals surface area contributed by atoms with Gasteiger partial charge in [-0.3, -0.25) is 0 Å². The third-order valence-corrected chi connectivity index (χ3v) is 4.72. The van der Waals surface area contributed by atoms with Gasteiger partial charge in [0.15, 0.2) is 0 Å². The third-order valence-electron chi connectivity index (χ3n) is 4.72. The molecule has 0 spiro atoms. The van der Waals surface area contributed by atoms with Crippen molar-refractivity contribution in [2.75, 3.05) is 18.0 Å². The van der Waals surface area contributed by atoms with Crippen LogP contribution in [0.25, 0.3) is 0 Å². The molecule has 1 unspecified atom stereocenters. The van der Waals surface area contributed by atoms with E-state index in [9.17, 15) is 0 Å². The Morgan fingerprint density at radius 3 is 3.00 bits per heavy atom. The highest BCUT2D eigenvalue weighted by molar-refractivity contribution is 5.65. The molecule has 0 radical (unpaired) electrons. The van der Waals surface area contributed by atoms with Gasteiger partial charge in [0.2, 0.25) is 0 Å². The largest absolute Gasteiger partial charge is 0.367 e. The molecule has 0 aromatic heterocycles. The van der Waals surface area contributed by atoms with Crippen molar-refractivity contribution >= 4 is 5.69 Å². The van der Waals surface area contributed by atoms with Crippen molar-refractivity contribution in [2.24, 2.45) is 0 Å². The van der Waals surface area contributed by atoms with Crippen LogP contribution in [-0.4, -0.2) is 19.1 Å². The van der Waals surface area contributed by atoms with Crippen molar-refractivity contribution in [3.63, 3.8) is 0 Å². The number of anilines is 1. The summed E-state index contributed by atoms with van der Waals surface area (Å²) in [6.07, 6.45) is 2.49. The first-order chi connectivity index (χ1) is 8.63. The number of hydrogen-bond acceptors (Lipinski definition) is 2. The monoisotopic (exact) mass is 244 g/mol. The zero-order valence-electron chi connectivity index (χ0n) is 11.8. The Labute approximate surface area is 110 Å². The molecule has 98 valence electrons. The summed E-state index contributed by atoms with van der Waals surface area (Å²) < 4.78 is 0. The molecule has 0 amide bonds. The maximum Gasteiger partial charge on any atom is 0.0452 e. The first-order valence-electron chi connectivity index (χ1n) is 7.23. The van der Waals surface area contributed by atoms with Crippen LogP contribution in [0.4, 0.5) is 5.69 Å². The topological polar surface area (TPSA) is 15.3 Å². The van der Waals surface area contributed by atoms with E-state index < -0.39 is 0 Å². The first kappa shape index (κ1) is 12.0. The maximum absolute atomic E-state index is 3.61. The minimum atomic E-state index is 0.324. The van der Waals surface area contributed by atoms with Gasteiger partial charge in [-0.15, -0.1) is 0 Å². The normalized spacial score (nSPS) is 25.5. The van der Waals surface area contributed by atoms with Crippen LogP contribution in [-0.2, 0) is 12.0 Å². The van der Waals surface area contributed by atoms with Crippen molar-refractivity contribution in [3.8, 4) is 0 Å². The van der Waals surface area contributed by atoms with Crippen LogP contribution in [0.5, 0.6) is 0 Å². The molecule has 1 atom stereocenters. The van der Waals surface area contributed by atoms with Gasteiger partial charge in [-0.1, -0.05) is 39.0 Å². The van der Waals surface area contributed by atoms with Crippen molar-refractivity contribution in [2.45, 2.75) is 51.6 Å². The minimum Gasteiger partial charge on any atom is -0.367 e. The van der Waals surface area contributed by atoms with Crippen LogP contribution in [0.1, 0.15) is 44.7 Å². The lowest BCUT2D eigenvalue weighted by Crippen LogP contribution is -2.45. The van der Waals surface area contributed by atoms with E-state index in [4.69, 9.17) is 0 Å². The van der Waals surface area contributed by atoms with Gasteiger partial charge in [0.25, 0.3) is 0 Å². The summed E-state index contributed by atoms with van der Waals surface area (Å²) in [4.78, 5) is 2.66. The molecule has 0 aliphatic carbocycles. The summed E-state index contributed by atoms with van der Waals surface area (Å²) in [7, 11) is 0. The molecule has 1 aromatic carbocycles. The fourth-order valence-corrected chi connectivity index (χ4v) is 3.48. The molecule has 1 aromatic rings. The van der Waals surface area contributed by atoms with Crippen LogP contribution in [0.15, 0.2) is 18.2 Å². The van der Waals surface area contributed by atoms with Crippen LogP contribution in [0, 0.1) is 0 Å². The van der Waals surface area contributed by atoms with Gasteiger partial charge >= 0.3 is 0 Å². The van der Waals surface area contributed by atoms with Crippen molar-refractivity contribution in [1.29, 1.82) is 0 Å². The Morgan fingerprint density at radius 2 is 2.22 bits per heavy atom. The van der Waals surface area contributed by atoms with E-state index in [1.165, 1.54) is 30.6 Å². The van der Waals surface area contributed by atoms with Gasteiger partial charge in [-0.2, -0.15) is 0 Å². The highest BCUT2D eigenvalue weighted by Crippen LogP contribution is 2.43. The lowest BCUT2D eigenvalue weighted by Gasteiger charge is -2.43. The molecule has 2 heterocycles. The summed E-state index contributed by atoms with van der Waals surface area (Å²) in [6, 6.07) is 7.51. The number of hydrogen-bond donors (Lipinski definition) is 1. The van der Waals surface area contributed by atoms with Gasteiger partial charge < -0.3 is 10.2 Å². The number of nitrogens with one attached hydrogen (secondary N) is 1. The van der Waals surface area contributed by atoms with Crippen molar-refractivity contribution < 1.29 is 0 Å². The van der Waals surface area contributed by atoms with Crippen molar-refractivity contribution in [1.82, 2.24) is 5.32 Å². The first-order valence-corrected chi connectivity index (χ1v) is 7.23. The fourth-order valence-electron chi connectivity index (χ4n) is 3.48. The lowest BCUT2D eigenvalue weighted by atomic mass is 9.76. The van der Waals surface area contributed by atoms with Gasteiger partial charge in [-0.05, 0) is 29.4 Å². The Balaban J connectivity index is 2.16. The highest BCUT2D eigenvalue weighted by atomic mass is 15.2. The van der Waals surface area contributed by atoms with Gasteiger partial charge in [0, 0.05) is 31.4 Å². The molecule has 0 bridgehead atoms. The van der Waals surface area contributed by atoms with Crippen molar-refractivity contribution in [3.05, 3.63) is 29.3 Å². The molecule has 2 aliphatic heterocycles. The zero-order chi connectivity index (χ0) is 12.8. The van der Waals surface area contributed by atoms with E-state index in [2.05, 4.69) is 49.2 Å². The van der Waals surface area contributed by atoms with Gasteiger partial charge in [0.1, 0.15) is 0 Å². The molecule has 0 fully saturated rings. The molecular weight excluding hydrogens is 220 g/mol. The standard InChI is InChI=1S/C16H24N2/c1-4-13-11-17-10-12-6-5-7-14-15(12)18(13)9-8-16(14,2)3/h5-7,13,17H,4,8-11H2,1-3H3. The molecule has 2 aliphatic rings. The Morgan fingerprint density at radius 1 is 1.39 bits per heavy atom. The SMILES string of the molecule is CCC1CNCc2cccc3c2N1CCC3(C)C. The molecule has 18 heavy (non-hydrogen) atoms. The van der Waals surface area contributed by atoms with E-state index in [1.54, 1.807) is 5.56 Å². The predicted molar refractivity (Wildman–Crippen MR) is 77.2 cm³/mol. The van der Waals surface area contributed by atoms with Gasteiger partial charge in [0.05, 0.1) is 0 Å². The average Bonchev–Trinajstić information content (AvgIpc) is 2.54. The number of para-hydroxylation sites is 1. The number of benzene rings is 1. The van der Waals surface area contributed by atoms with E-state index in [0.717, 1.165) is 13.1 Å². The zero-order valence-corrected chi connectivity index (χ0v) is 11.8. The predicted octanol–water partition coefficient (Wildman–Crippen LogP) is 3.06. The smallest absolute Gasteiger partial charge is 0.0452 e. The Kier molecular flexibility index (Phi) is 2.86. The maximum atomic E-state index is 3.61. The van der Waals surface area contributed by atoms with Crippen LogP contribution in [0.3, 0.4) is 0 Å². The molecule has 2 nitrogen and oxygen atoms in total. The molecule has 0 saturated carbocycles. The molecule has 2 heteroatoms. The second-order valence-corrected chi connectivity index (χ2v) is 6.33. The lowest BCUT2D eigenvalue weighted by molar-refractivity contribution is 0.426. The Hall–Kier alpha value is -1.02. The van der Waals surface area contributed by atoms with Gasteiger partial charge in [-0.25, -0.2) is 0 Å². The number of rotatable bonds is 1. The summed E-state index contributed by atoms with van der Waals surface area (Å²) in [5.74, 6) is 0. The minimum absolute atomic E-state index is 0.324. The Bertz CT molecular complexity index is 450. The summed E-state index contributed by atoms with van der Waals surface area (Å²) in [5, 5.41) is 3.61. The van der Waals surface area contributed by atoms with Crippen LogP contribution >= 0.6 is 0 Å². The average molecular weight is 244 g/mol. The molecule has 1 N–H and O–H groups in total. The summed E-state index contributed by atoms with van der Waals surface area (Å²) in [6.45, 7) is 10.4. The molecular formula is C16H24N2.